The highest BCUT2D eigenvalue weighted by Gasteiger charge is 2.25. The van der Waals surface area contributed by atoms with E-state index in [4.69, 9.17) is 9.84 Å². The molecule has 0 radical (unpaired) electrons. The van der Waals surface area contributed by atoms with Gasteiger partial charge in [0.05, 0.1) is 6.61 Å². The van der Waals surface area contributed by atoms with Gasteiger partial charge in [-0.25, -0.2) is 0 Å². The number of allylic oxidation sites excluding steroid dienone is 3. The van der Waals surface area contributed by atoms with Crippen molar-refractivity contribution in [1.29, 1.82) is 0 Å². The van der Waals surface area contributed by atoms with Gasteiger partial charge in [0.15, 0.2) is 0 Å². The van der Waals surface area contributed by atoms with Crippen molar-refractivity contribution in [3.8, 4) is 0 Å². The fourth-order valence-electron chi connectivity index (χ4n) is 2.37. The van der Waals surface area contributed by atoms with Crippen LogP contribution in [0, 0.1) is 11.8 Å². The molecule has 2 atom stereocenters. The van der Waals surface area contributed by atoms with Crippen LogP contribution in [0.25, 0.3) is 0 Å². The Labute approximate surface area is 131 Å². The highest BCUT2D eigenvalue weighted by atomic mass is 32.2. The number of carbonyl (C=O) groups is 1. The van der Waals surface area contributed by atoms with E-state index in [-0.39, 0.29) is 13.0 Å². The first kappa shape index (κ1) is 18.1. The second-order valence-corrected chi connectivity index (χ2v) is 6.25. The van der Waals surface area contributed by atoms with E-state index < -0.39 is 5.97 Å². The molecule has 0 unspecified atom stereocenters. The van der Waals surface area contributed by atoms with E-state index in [0.29, 0.717) is 30.6 Å². The molecule has 5 heteroatoms. The Bertz CT molecular complexity index is 365. The first-order valence-electron chi connectivity index (χ1n) is 7.56. The molecule has 0 aliphatic carbocycles. The normalized spacial score (nSPS) is 22.9. The molecule has 120 valence electrons. The van der Waals surface area contributed by atoms with E-state index in [1.54, 1.807) is 0 Å². The summed E-state index contributed by atoms with van der Waals surface area (Å²) in [4.78, 5) is 10.4. The Morgan fingerprint density at radius 3 is 2.86 bits per heavy atom. The maximum atomic E-state index is 10.4. The van der Waals surface area contributed by atoms with E-state index in [9.17, 15) is 9.90 Å². The zero-order valence-electron chi connectivity index (χ0n) is 12.7. The Balaban J connectivity index is 2.36. The quantitative estimate of drug-likeness (QED) is 0.368. The first-order chi connectivity index (χ1) is 10.2. The van der Waals surface area contributed by atoms with Crippen LogP contribution in [0.2, 0.25) is 0 Å². The number of aliphatic hydroxyl groups is 1. The van der Waals surface area contributed by atoms with Gasteiger partial charge in [0, 0.05) is 12.2 Å². The number of carboxylic acid groups (broad SMARTS) is 1. The fraction of sp³-hybridized carbons (Fsp3) is 0.688. The second kappa shape index (κ2) is 10.7. The largest absolute Gasteiger partial charge is 0.496 e. The molecular weight excluding hydrogens is 288 g/mol. The lowest BCUT2D eigenvalue weighted by Gasteiger charge is -2.15. The van der Waals surface area contributed by atoms with E-state index >= 15 is 0 Å². The lowest BCUT2D eigenvalue weighted by Crippen LogP contribution is -2.11. The Kier molecular flexibility index (Phi) is 9.26. The molecule has 4 nitrogen and oxygen atoms in total. The number of aliphatic hydroxyl groups excluding tert-OH is 1. The van der Waals surface area contributed by atoms with Gasteiger partial charge in [-0.1, -0.05) is 12.2 Å². The number of aliphatic carboxylic acids is 1. The minimum atomic E-state index is -0.728. The van der Waals surface area contributed by atoms with Crippen LogP contribution in [-0.2, 0) is 9.53 Å². The molecule has 0 spiro atoms. The third kappa shape index (κ3) is 7.58. The van der Waals surface area contributed by atoms with E-state index in [1.807, 2.05) is 18.7 Å². The van der Waals surface area contributed by atoms with E-state index in [0.717, 1.165) is 24.3 Å². The van der Waals surface area contributed by atoms with Crippen molar-refractivity contribution < 1.29 is 19.7 Å². The van der Waals surface area contributed by atoms with Crippen molar-refractivity contribution in [1.82, 2.24) is 0 Å². The Hall–Kier alpha value is -0.940. The first-order valence-corrected chi connectivity index (χ1v) is 8.71. The van der Waals surface area contributed by atoms with Gasteiger partial charge in [-0.3, -0.25) is 4.79 Å². The zero-order valence-corrected chi connectivity index (χ0v) is 13.5. The van der Waals surface area contributed by atoms with Crippen LogP contribution in [0.4, 0.5) is 0 Å². The Morgan fingerprint density at radius 1 is 1.38 bits per heavy atom. The molecule has 1 aliphatic heterocycles. The topological polar surface area (TPSA) is 66.8 Å². The highest BCUT2D eigenvalue weighted by molar-refractivity contribution is 7.99. The number of hydrogen-bond donors (Lipinski definition) is 2. The van der Waals surface area contributed by atoms with Gasteiger partial charge in [-0.15, -0.1) is 0 Å². The van der Waals surface area contributed by atoms with Gasteiger partial charge >= 0.3 is 5.97 Å². The third-order valence-electron chi connectivity index (χ3n) is 3.50. The summed E-state index contributed by atoms with van der Waals surface area (Å²) in [5.41, 5.74) is 0. The van der Waals surface area contributed by atoms with Crippen LogP contribution < -0.4 is 0 Å². The van der Waals surface area contributed by atoms with Gasteiger partial charge in [-0.2, -0.15) is 11.8 Å². The third-order valence-corrected chi connectivity index (χ3v) is 4.78. The van der Waals surface area contributed by atoms with Crippen LogP contribution in [0.3, 0.4) is 0 Å². The summed E-state index contributed by atoms with van der Waals surface area (Å²) in [7, 11) is 0. The number of ether oxygens (including phenoxy) is 1. The van der Waals surface area contributed by atoms with Crippen molar-refractivity contribution in [3.63, 3.8) is 0 Å². The molecule has 1 fully saturated rings. The van der Waals surface area contributed by atoms with Crippen LogP contribution in [0.1, 0.15) is 32.6 Å². The molecule has 0 bridgehead atoms. The summed E-state index contributed by atoms with van der Waals surface area (Å²) < 4.78 is 5.41. The maximum absolute atomic E-state index is 10.4. The lowest BCUT2D eigenvalue weighted by molar-refractivity contribution is -0.137. The molecule has 1 heterocycles. The van der Waals surface area contributed by atoms with Crippen molar-refractivity contribution in [2.75, 3.05) is 24.7 Å². The van der Waals surface area contributed by atoms with Gasteiger partial charge < -0.3 is 14.9 Å². The molecule has 0 aromatic heterocycles. The second-order valence-electron chi connectivity index (χ2n) is 5.18. The fourth-order valence-corrected chi connectivity index (χ4v) is 3.84. The van der Waals surface area contributed by atoms with Crippen LogP contribution in [0.15, 0.2) is 24.0 Å². The van der Waals surface area contributed by atoms with Crippen molar-refractivity contribution in [2.45, 2.75) is 32.6 Å². The average molecular weight is 314 g/mol. The minimum absolute atomic E-state index is 0.0350. The predicted molar refractivity (Wildman–Crippen MR) is 86.3 cm³/mol. The molecule has 1 saturated heterocycles. The Morgan fingerprint density at radius 2 is 2.19 bits per heavy atom. The predicted octanol–water partition coefficient (Wildman–Crippen LogP) is 3.08. The van der Waals surface area contributed by atoms with Crippen LogP contribution >= 0.6 is 11.8 Å². The summed E-state index contributed by atoms with van der Waals surface area (Å²) >= 11 is 1.94. The maximum Gasteiger partial charge on any atom is 0.303 e. The number of carboxylic acids is 1. The smallest absolute Gasteiger partial charge is 0.303 e. The summed E-state index contributed by atoms with van der Waals surface area (Å²) in [5, 5.41) is 17.8. The summed E-state index contributed by atoms with van der Waals surface area (Å²) in [6.45, 7) is 2.47. The SMILES string of the molecule is CCO/C(=C/[C@@H]1CSC[C@@H]1C/C=C\CCCC(=O)O)CO. The van der Waals surface area contributed by atoms with Gasteiger partial charge in [-0.05, 0) is 49.9 Å². The molecule has 1 rings (SSSR count). The zero-order chi connectivity index (χ0) is 15.5. The van der Waals surface area contributed by atoms with Crippen molar-refractivity contribution in [2.24, 2.45) is 11.8 Å². The highest BCUT2D eigenvalue weighted by Crippen LogP contribution is 2.34. The van der Waals surface area contributed by atoms with Gasteiger partial charge in [0.1, 0.15) is 12.4 Å². The van der Waals surface area contributed by atoms with Gasteiger partial charge in [0.25, 0.3) is 0 Å². The van der Waals surface area contributed by atoms with Crippen LogP contribution in [-0.4, -0.2) is 40.9 Å². The molecule has 0 saturated carbocycles. The standard InChI is InChI=1S/C16H26O4S/c1-2-20-15(10-17)9-14-12-21-11-13(14)7-5-3-4-6-8-16(18)19/h3,5,9,13-14,17H,2,4,6-8,10-12H2,1H3,(H,18,19)/b5-3-,15-9+/t13-,14+/m0/s1. The lowest BCUT2D eigenvalue weighted by atomic mass is 9.92. The molecule has 21 heavy (non-hydrogen) atoms. The monoisotopic (exact) mass is 314 g/mol. The number of rotatable bonds is 10. The molecule has 1 aliphatic rings. The average Bonchev–Trinajstić information content (AvgIpc) is 2.89. The van der Waals surface area contributed by atoms with Gasteiger partial charge in [0.2, 0.25) is 0 Å². The summed E-state index contributed by atoms with van der Waals surface area (Å²) in [5.74, 6) is 3.19. The molecular formula is C16H26O4S. The molecule has 0 aromatic rings. The van der Waals surface area contributed by atoms with E-state index in [1.165, 1.54) is 0 Å². The van der Waals surface area contributed by atoms with E-state index in [2.05, 4.69) is 18.2 Å². The minimum Gasteiger partial charge on any atom is -0.496 e. The number of unbranched alkanes of at least 4 members (excludes halogenated alkanes) is 1. The number of hydrogen-bond acceptors (Lipinski definition) is 4. The summed E-state index contributed by atoms with van der Waals surface area (Å²) in [6.07, 6.45) is 9.10. The summed E-state index contributed by atoms with van der Waals surface area (Å²) in [6, 6.07) is 0. The molecule has 0 amide bonds. The molecule has 2 N–H and O–H groups in total. The molecule has 0 aromatic carbocycles. The van der Waals surface area contributed by atoms with Crippen LogP contribution in [0.5, 0.6) is 0 Å². The van der Waals surface area contributed by atoms with Crippen molar-refractivity contribution in [3.05, 3.63) is 24.0 Å². The number of thioether (sulfide) groups is 1. The van der Waals surface area contributed by atoms with Crippen molar-refractivity contribution >= 4 is 17.7 Å².